The van der Waals surface area contributed by atoms with Crippen molar-refractivity contribution >= 4 is 11.8 Å². The van der Waals surface area contributed by atoms with Crippen LogP contribution in [-0.4, -0.2) is 49.1 Å². The van der Waals surface area contributed by atoms with Gasteiger partial charge in [0.05, 0.1) is 26.4 Å². The molecule has 0 bridgehead atoms. The molecule has 0 radical (unpaired) electrons. The van der Waals surface area contributed by atoms with E-state index in [9.17, 15) is 4.79 Å². The second-order valence-corrected chi connectivity index (χ2v) is 4.10. The number of aromatic nitrogens is 2. The van der Waals surface area contributed by atoms with E-state index in [1.807, 2.05) is 0 Å². The van der Waals surface area contributed by atoms with Crippen LogP contribution in [0.4, 0.5) is 5.82 Å². The number of rotatable bonds is 3. The fraction of sp³-hybridized carbons (Fsp3) is 0.583. The summed E-state index contributed by atoms with van der Waals surface area (Å²) < 4.78 is 10.0. The van der Waals surface area contributed by atoms with Crippen LogP contribution in [0.1, 0.15) is 23.8 Å². The Balaban J connectivity index is 2.15. The van der Waals surface area contributed by atoms with Crippen LogP contribution in [-0.2, 0) is 9.47 Å². The summed E-state index contributed by atoms with van der Waals surface area (Å²) in [5.41, 5.74) is 0.225. The van der Waals surface area contributed by atoms with E-state index in [-0.39, 0.29) is 5.69 Å². The summed E-state index contributed by atoms with van der Waals surface area (Å²) >= 11 is 0. The molecule has 0 aromatic carbocycles. The summed E-state index contributed by atoms with van der Waals surface area (Å²) in [6.07, 6.45) is 0.987. The highest BCUT2D eigenvalue weighted by Gasteiger charge is 2.23. The molecule has 0 amide bonds. The third-order valence-electron chi connectivity index (χ3n) is 3.04. The van der Waals surface area contributed by atoms with E-state index in [1.165, 1.54) is 7.11 Å². The van der Waals surface area contributed by atoms with Gasteiger partial charge in [-0.05, 0) is 18.6 Å². The highest BCUT2D eigenvalue weighted by molar-refractivity contribution is 5.86. The molecular formula is C12H17N3O3. The van der Waals surface area contributed by atoms with Crippen molar-refractivity contribution in [2.24, 2.45) is 0 Å². The predicted octanol–water partition coefficient (Wildman–Crippen LogP) is 0.878. The number of hydrogen-bond acceptors (Lipinski definition) is 6. The smallest absolute Gasteiger partial charge is 0.358 e. The maximum Gasteiger partial charge on any atom is 0.358 e. The minimum absolute atomic E-state index is 0.225. The van der Waals surface area contributed by atoms with Gasteiger partial charge < -0.3 is 14.4 Å². The molecule has 18 heavy (non-hydrogen) atoms. The standard InChI is InChI=1S/C12H17N3O3/c1-3-9-8-18-7-6-15(9)11-5-4-10(13-14-11)12(16)17-2/h4-5,9H,3,6-8H2,1-2H3/t9-/m0/s1. The van der Waals surface area contributed by atoms with Crippen LogP contribution in [0.2, 0.25) is 0 Å². The second-order valence-electron chi connectivity index (χ2n) is 4.10. The van der Waals surface area contributed by atoms with E-state index in [1.54, 1.807) is 12.1 Å². The van der Waals surface area contributed by atoms with Gasteiger partial charge in [0.15, 0.2) is 11.5 Å². The lowest BCUT2D eigenvalue weighted by atomic mass is 10.2. The molecule has 2 rings (SSSR count). The molecule has 0 N–H and O–H groups in total. The van der Waals surface area contributed by atoms with Gasteiger partial charge in [0.2, 0.25) is 0 Å². The molecule has 1 aromatic rings. The number of hydrogen-bond donors (Lipinski definition) is 0. The largest absolute Gasteiger partial charge is 0.464 e. The summed E-state index contributed by atoms with van der Waals surface area (Å²) in [4.78, 5) is 13.4. The summed E-state index contributed by atoms with van der Waals surface area (Å²) in [5.74, 6) is 0.306. The van der Waals surface area contributed by atoms with Gasteiger partial charge in [-0.1, -0.05) is 6.92 Å². The molecule has 98 valence electrons. The lowest BCUT2D eigenvalue weighted by Crippen LogP contribution is -2.45. The van der Waals surface area contributed by atoms with E-state index in [4.69, 9.17) is 4.74 Å². The number of anilines is 1. The summed E-state index contributed by atoms with van der Waals surface area (Å²) in [7, 11) is 1.33. The van der Waals surface area contributed by atoms with Crippen LogP contribution in [0.25, 0.3) is 0 Å². The zero-order valence-corrected chi connectivity index (χ0v) is 10.6. The average molecular weight is 251 g/mol. The predicted molar refractivity (Wildman–Crippen MR) is 65.6 cm³/mol. The first-order valence-corrected chi connectivity index (χ1v) is 6.02. The quantitative estimate of drug-likeness (QED) is 0.743. The van der Waals surface area contributed by atoms with Gasteiger partial charge in [-0.2, -0.15) is 0 Å². The molecule has 1 atom stereocenters. The van der Waals surface area contributed by atoms with E-state index in [0.29, 0.717) is 19.3 Å². The number of methoxy groups -OCH3 is 1. The SMILES string of the molecule is CC[C@H]1COCCN1c1ccc(C(=O)OC)nn1. The fourth-order valence-electron chi connectivity index (χ4n) is 1.99. The highest BCUT2D eigenvalue weighted by Crippen LogP contribution is 2.18. The minimum Gasteiger partial charge on any atom is -0.464 e. The first-order valence-electron chi connectivity index (χ1n) is 6.02. The molecule has 2 heterocycles. The molecule has 1 saturated heterocycles. The van der Waals surface area contributed by atoms with Crippen LogP contribution in [0.15, 0.2) is 12.1 Å². The van der Waals surface area contributed by atoms with Gasteiger partial charge >= 0.3 is 5.97 Å². The first-order chi connectivity index (χ1) is 8.76. The number of esters is 1. The molecule has 1 fully saturated rings. The van der Waals surface area contributed by atoms with Crippen molar-refractivity contribution in [1.82, 2.24) is 10.2 Å². The van der Waals surface area contributed by atoms with Gasteiger partial charge in [-0.3, -0.25) is 0 Å². The number of morpholine rings is 1. The number of carbonyl (C=O) groups excluding carboxylic acids is 1. The van der Waals surface area contributed by atoms with Crippen LogP contribution in [0.5, 0.6) is 0 Å². The molecule has 0 saturated carbocycles. The van der Waals surface area contributed by atoms with E-state index >= 15 is 0 Å². The number of ether oxygens (including phenoxy) is 2. The third kappa shape index (κ3) is 2.59. The third-order valence-corrected chi connectivity index (χ3v) is 3.04. The van der Waals surface area contributed by atoms with E-state index in [2.05, 4.69) is 26.8 Å². The topological polar surface area (TPSA) is 64.5 Å². The maximum atomic E-state index is 11.3. The minimum atomic E-state index is -0.469. The highest BCUT2D eigenvalue weighted by atomic mass is 16.5. The van der Waals surface area contributed by atoms with Gasteiger partial charge in [0.1, 0.15) is 0 Å². The Labute approximate surface area is 106 Å². The van der Waals surface area contributed by atoms with Crippen molar-refractivity contribution in [2.45, 2.75) is 19.4 Å². The summed E-state index contributed by atoms with van der Waals surface area (Å²) in [5, 5.41) is 7.98. The van der Waals surface area contributed by atoms with Crippen LogP contribution < -0.4 is 4.90 Å². The second kappa shape index (κ2) is 5.77. The van der Waals surface area contributed by atoms with Crippen molar-refractivity contribution in [3.05, 3.63) is 17.8 Å². The molecular weight excluding hydrogens is 234 g/mol. The van der Waals surface area contributed by atoms with E-state index in [0.717, 1.165) is 18.8 Å². The van der Waals surface area contributed by atoms with Gasteiger partial charge in [-0.15, -0.1) is 10.2 Å². The van der Waals surface area contributed by atoms with Crippen molar-refractivity contribution in [1.29, 1.82) is 0 Å². The van der Waals surface area contributed by atoms with Crippen molar-refractivity contribution in [3.8, 4) is 0 Å². The van der Waals surface area contributed by atoms with Crippen molar-refractivity contribution < 1.29 is 14.3 Å². The lowest BCUT2D eigenvalue weighted by molar-refractivity contribution is 0.0592. The molecule has 6 nitrogen and oxygen atoms in total. The Hall–Kier alpha value is -1.69. The molecule has 0 spiro atoms. The Morgan fingerprint density at radius 1 is 1.56 bits per heavy atom. The molecule has 1 aliphatic heterocycles. The van der Waals surface area contributed by atoms with Gasteiger partial charge in [-0.25, -0.2) is 4.79 Å². The Bertz CT molecular complexity index is 408. The fourth-order valence-corrected chi connectivity index (χ4v) is 1.99. The van der Waals surface area contributed by atoms with E-state index < -0.39 is 5.97 Å². The average Bonchev–Trinajstić information content (AvgIpc) is 2.46. The Kier molecular flexibility index (Phi) is 4.09. The summed E-state index contributed by atoms with van der Waals surface area (Å²) in [6.45, 7) is 4.31. The van der Waals surface area contributed by atoms with Gasteiger partial charge in [0.25, 0.3) is 0 Å². The first kappa shape index (κ1) is 12.8. The van der Waals surface area contributed by atoms with Gasteiger partial charge in [0, 0.05) is 6.54 Å². The van der Waals surface area contributed by atoms with Crippen LogP contribution in [0.3, 0.4) is 0 Å². The number of carbonyl (C=O) groups is 1. The van der Waals surface area contributed by atoms with Crippen molar-refractivity contribution in [2.75, 3.05) is 31.8 Å². The Morgan fingerprint density at radius 2 is 2.39 bits per heavy atom. The number of nitrogens with zero attached hydrogens (tertiary/aromatic N) is 3. The zero-order chi connectivity index (χ0) is 13.0. The van der Waals surface area contributed by atoms with Crippen LogP contribution >= 0.6 is 0 Å². The normalized spacial score (nSPS) is 19.7. The molecule has 1 aliphatic rings. The molecule has 0 unspecified atom stereocenters. The zero-order valence-electron chi connectivity index (χ0n) is 10.6. The Morgan fingerprint density at radius 3 is 3.00 bits per heavy atom. The molecule has 6 heteroatoms. The summed E-state index contributed by atoms with van der Waals surface area (Å²) in [6, 6.07) is 3.75. The lowest BCUT2D eigenvalue weighted by Gasteiger charge is -2.35. The monoisotopic (exact) mass is 251 g/mol. The molecule has 0 aliphatic carbocycles. The van der Waals surface area contributed by atoms with Crippen LogP contribution in [0, 0.1) is 0 Å². The maximum absolute atomic E-state index is 11.3. The van der Waals surface area contributed by atoms with Crippen molar-refractivity contribution in [3.63, 3.8) is 0 Å². The molecule has 1 aromatic heterocycles.